The lowest BCUT2D eigenvalue weighted by Crippen LogP contribution is -2.14. The van der Waals surface area contributed by atoms with Crippen molar-refractivity contribution in [2.45, 2.75) is 0 Å². The quantitative estimate of drug-likeness (QED) is 0.125. The van der Waals surface area contributed by atoms with E-state index in [9.17, 15) is 0 Å². The molecule has 0 fully saturated rings. The van der Waals surface area contributed by atoms with Crippen molar-refractivity contribution in [3.05, 3.63) is 328 Å². The first kappa shape index (κ1) is 48.3. The summed E-state index contributed by atoms with van der Waals surface area (Å²) in [6.45, 7) is 0. The van der Waals surface area contributed by atoms with Crippen molar-refractivity contribution in [2.24, 2.45) is 0 Å². The zero-order chi connectivity index (χ0) is 54.3. The molecule has 0 bridgehead atoms. The highest BCUT2D eigenvalue weighted by Gasteiger charge is 2.27. The van der Waals surface area contributed by atoms with Gasteiger partial charge in [-0.15, -0.1) is 0 Å². The van der Waals surface area contributed by atoms with Crippen LogP contribution in [-0.4, -0.2) is 4.57 Å². The van der Waals surface area contributed by atoms with Gasteiger partial charge in [-0.3, -0.25) is 0 Å². The highest BCUT2D eigenvalue weighted by molar-refractivity contribution is 6.11. The summed E-state index contributed by atoms with van der Waals surface area (Å²) in [5.41, 5.74) is 22.9. The van der Waals surface area contributed by atoms with Gasteiger partial charge in [-0.1, -0.05) is 279 Å². The van der Waals surface area contributed by atoms with Crippen LogP contribution in [0.25, 0.3) is 127 Å². The average Bonchev–Trinajstić information content (AvgIpc) is 4.00. The van der Waals surface area contributed by atoms with Crippen LogP contribution in [0.5, 0.6) is 0 Å². The minimum Gasteiger partial charge on any atom is -0.309 e. The third-order valence-corrected chi connectivity index (χ3v) is 16.4. The molecular weight excluding hydrogens is 989 g/mol. The van der Waals surface area contributed by atoms with E-state index < -0.39 is 0 Å². The number of fused-ring (bicyclic) bond motifs is 5. The van der Waals surface area contributed by atoms with E-state index in [0.717, 1.165) is 67.3 Å². The summed E-state index contributed by atoms with van der Waals surface area (Å²) in [5, 5.41) is 7.34. The maximum absolute atomic E-state index is 2.55. The van der Waals surface area contributed by atoms with Gasteiger partial charge in [0.2, 0.25) is 0 Å². The Labute approximate surface area is 478 Å². The van der Waals surface area contributed by atoms with Crippen molar-refractivity contribution in [3.8, 4) is 83.6 Å². The first-order chi connectivity index (χ1) is 40.7. The van der Waals surface area contributed by atoms with Gasteiger partial charge in [0.25, 0.3) is 0 Å². The Morgan fingerprint density at radius 3 is 0.927 bits per heavy atom. The van der Waals surface area contributed by atoms with Gasteiger partial charge < -0.3 is 9.47 Å². The minimum atomic E-state index is 1.06. The van der Waals surface area contributed by atoms with Crippen LogP contribution in [0, 0.1) is 0 Å². The van der Waals surface area contributed by atoms with Crippen molar-refractivity contribution < 1.29 is 0 Å². The smallest absolute Gasteiger partial charge is 0.0541 e. The van der Waals surface area contributed by atoms with Crippen LogP contribution in [0.2, 0.25) is 0 Å². The third kappa shape index (κ3) is 8.45. The van der Waals surface area contributed by atoms with Crippen molar-refractivity contribution in [1.82, 2.24) is 4.57 Å². The van der Waals surface area contributed by atoms with Crippen molar-refractivity contribution in [3.63, 3.8) is 0 Å². The molecule has 1 aromatic heterocycles. The van der Waals surface area contributed by atoms with Gasteiger partial charge in [0, 0.05) is 33.0 Å². The summed E-state index contributed by atoms with van der Waals surface area (Å²) in [7, 11) is 0. The van der Waals surface area contributed by atoms with Crippen LogP contribution in [0.3, 0.4) is 0 Å². The molecule has 82 heavy (non-hydrogen) atoms. The summed E-state index contributed by atoms with van der Waals surface area (Å²) >= 11 is 0. The SMILES string of the molecule is c1ccc(-c2cc(-c3cccc4c(-c5ccccc5)cccc34)ccc2N(c2ccc(-c3cccc4c(-c5ccccc5)cccc34)cc2-c2ccccc2)c2ccccc2-c2ccccc2-n2c3ccccc3c3ccccc32)cc1. The number of benzene rings is 14. The molecule has 0 saturated heterocycles. The Kier molecular flexibility index (Phi) is 12.2. The number of anilines is 3. The Balaban J connectivity index is 1.00. The van der Waals surface area contributed by atoms with Gasteiger partial charge in [0.1, 0.15) is 0 Å². The van der Waals surface area contributed by atoms with E-state index in [4.69, 9.17) is 0 Å². The summed E-state index contributed by atoms with van der Waals surface area (Å²) in [6, 6.07) is 120. The van der Waals surface area contributed by atoms with Crippen LogP contribution in [0.15, 0.2) is 328 Å². The predicted molar refractivity (Wildman–Crippen MR) is 349 cm³/mol. The molecule has 15 rings (SSSR count). The predicted octanol–water partition coefficient (Wildman–Crippen LogP) is 22.2. The van der Waals surface area contributed by atoms with Gasteiger partial charge in [0.05, 0.1) is 33.8 Å². The molecule has 0 unspecified atom stereocenters. The Morgan fingerprint density at radius 2 is 0.488 bits per heavy atom. The van der Waals surface area contributed by atoms with E-state index in [0.29, 0.717) is 0 Å². The Bertz CT molecular complexity index is 4580. The highest BCUT2D eigenvalue weighted by atomic mass is 15.2. The standard InChI is InChI=1S/C80H54N2/c1-5-25-55(26-6-1)61-37-21-43-67-63(39-23-41-65(61)67)59-49-51-79(73(53-59)57-29-9-3-10-30-57)82(78-48-20-16-36-72(78)71-35-15-19-47-77(71)81-75-45-17-13-33-69(75)70-34-14-18-46-76(70)81)80-52-50-60(54-74(80)58-31-11-4-12-32-58)64-40-24-42-66-62(38-22-44-68(64)66)56-27-7-2-8-28-56/h1-54H. The van der Waals surface area contributed by atoms with Crippen LogP contribution in [-0.2, 0) is 0 Å². The zero-order valence-electron chi connectivity index (χ0n) is 45.1. The molecule has 0 N–H and O–H groups in total. The molecule has 0 aliphatic carbocycles. The van der Waals surface area contributed by atoms with Crippen molar-refractivity contribution in [2.75, 3.05) is 4.90 Å². The second-order valence-electron chi connectivity index (χ2n) is 21.1. The van der Waals surface area contributed by atoms with Gasteiger partial charge in [-0.05, 0) is 126 Å². The molecule has 1 heterocycles. The monoisotopic (exact) mass is 1040 g/mol. The van der Waals surface area contributed by atoms with E-state index in [2.05, 4.69) is 337 Å². The number of aromatic nitrogens is 1. The molecule has 0 radical (unpaired) electrons. The van der Waals surface area contributed by atoms with Gasteiger partial charge in [-0.2, -0.15) is 0 Å². The number of hydrogen-bond donors (Lipinski definition) is 0. The van der Waals surface area contributed by atoms with Gasteiger partial charge in [-0.25, -0.2) is 0 Å². The minimum absolute atomic E-state index is 1.06. The molecule has 15 aromatic rings. The lowest BCUT2D eigenvalue weighted by atomic mass is 9.89. The molecule has 0 atom stereocenters. The molecule has 0 saturated carbocycles. The van der Waals surface area contributed by atoms with E-state index >= 15 is 0 Å². The molecular formula is C80H54N2. The Morgan fingerprint density at radius 1 is 0.183 bits per heavy atom. The van der Waals surface area contributed by atoms with Crippen LogP contribution in [0.1, 0.15) is 0 Å². The molecule has 2 heteroatoms. The van der Waals surface area contributed by atoms with Crippen LogP contribution >= 0.6 is 0 Å². The molecule has 2 nitrogen and oxygen atoms in total. The normalized spacial score (nSPS) is 11.4. The van der Waals surface area contributed by atoms with Gasteiger partial charge >= 0.3 is 0 Å². The first-order valence-electron chi connectivity index (χ1n) is 28.2. The number of hydrogen-bond acceptors (Lipinski definition) is 1. The molecule has 0 spiro atoms. The third-order valence-electron chi connectivity index (χ3n) is 16.4. The molecule has 384 valence electrons. The second-order valence-corrected chi connectivity index (χ2v) is 21.1. The largest absolute Gasteiger partial charge is 0.309 e. The fourth-order valence-corrected chi connectivity index (χ4v) is 12.7. The maximum atomic E-state index is 2.55. The van der Waals surface area contributed by atoms with Gasteiger partial charge in [0.15, 0.2) is 0 Å². The fourth-order valence-electron chi connectivity index (χ4n) is 12.7. The zero-order valence-corrected chi connectivity index (χ0v) is 45.1. The molecule has 0 aliphatic heterocycles. The maximum Gasteiger partial charge on any atom is 0.0541 e. The van der Waals surface area contributed by atoms with E-state index in [1.54, 1.807) is 0 Å². The average molecular weight is 1040 g/mol. The van der Waals surface area contributed by atoms with Crippen LogP contribution < -0.4 is 4.90 Å². The number of nitrogens with zero attached hydrogens (tertiary/aromatic N) is 2. The molecule has 0 amide bonds. The second kappa shape index (κ2) is 20.8. The van der Waals surface area contributed by atoms with Crippen LogP contribution in [0.4, 0.5) is 17.1 Å². The lowest BCUT2D eigenvalue weighted by Gasteiger charge is -2.32. The summed E-state index contributed by atoms with van der Waals surface area (Å²) in [6.07, 6.45) is 0. The number of rotatable bonds is 11. The number of para-hydroxylation sites is 4. The topological polar surface area (TPSA) is 8.17 Å². The van der Waals surface area contributed by atoms with E-state index in [1.165, 1.54) is 76.7 Å². The van der Waals surface area contributed by atoms with E-state index in [1.807, 2.05) is 0 Å². The summed E-state index contributed by atoms with van der Waals surface area (Å²) in [4.78, 5) is 2.55. The Hall–Kier alpha value is -10.8. The fraction of sp³-hybridized carbons (Fsp3) is 0. The molecule has 0 aliphatic rings. The summed E-state index contributed by atoms with van der Waals surface area (Å²) < 4.78 is 2.45. The highest BCUT2D eigenvalue weighted by Crippen LogP contribution is 2.51. The van der Waals surface area contributed by atoms with E-state index in [-0.39, 0.29) is 0 Å². The molecule has 14 aromatic carbocycles. The van der Waals surface area contributed by atoms with Crippen molar-refractivity contribution >= 4 is 60.4 Å². The lowest BCUT2D eigenvalue weighted by molar-refractivity contribution is 1.18. The summed E-state index contributed by atoms with van der Waals surface area (Å²) in [5.74, 6) is 0. The first-order valence-corrected chi connectivity index (χ1v) is 28.2. The van der Waals surface area contributed by atoms with Crippen molar-refractivity contribution in [1.29, 1.82) is 0 Å².